The molecule has 3 rings (SSSR count). The van der Waals surface area contributed by atoms with Crippen molar-refractivity contribution in [3.63, 3.8) is 0 Å². The standard InChI is InChI=1S/C21H19ClN2O5S2/c1-28-16-6-8-17(9-7-16)30-20-12-5-15(13-19(20)22)23-21(25)14-3-10-18(11-4-14)31(26,27)24-29-2/h3-13,24H,1-2H3,(H,23,25). The highest BCUT2D eigenvalue weighted by Crippen LogP contribution is 2.35. The molecule has 0 bridgehead atoms. The number of rotatable bonds is 8. The Morgan fingerprint density at radius 2 is 1.65 bits per heavy atom. The normalized spacial score (nSPS) is 11.2. The molecule has 0 aliphatic rings. The van der Waals surface area contributed by atoms with Gasteiger partial charge >= 0.3 is 0 Å². The highest BCUT2D eigenvalue weighted by atomic mass is 35.5. The summed E-state index contributed by atoms with van der Waals surface area (Å²) in [5, 5.41) is 3.24. The van der Waals surface area contributed by atoms with Crippen molar-refractivity contribution in [1.29, 1.82) is 0 Å². The molecule has 0 radical (unpaired) electrons. The molecule has 0 aliphatic heterocycles. The quantitative estimate of drug-likeness (QED) is 0.460. The number of carbonyl (C=O) groups is 1. The monoisotopic (exact) mass is 478 g/mol. The Hall–Kier alpha value is -2.56. The summed E-state index contributed by atoms with van der Waals surface area (Å²) in [6.45, 7) is 0. The van der Waals surface area contributed by atoms with Crippen molar-refractivity contribution in [3.8, 4) is 5.75 Å². The van der Waals surface area contributed by atoms with Gasteiger partial charge in [-0.05, 0) is 66.7 Å². The van der Waals surface area contributed by atoms with Crippen molar-refractivity contribution in [3.05, 3.63) is 77.3 Å². The van der Waals surface area contributed by atoms with Crippen LogP contribution in [0.4, 0.5) is 5.69 Å². The molecule has 10 heteroatoms. The van der Waals surface area contributed by atoms with Crippen molar-refractivity contribution in [2.75, 3.05) is 19.5 Å². The van der Waals surface area contributed by atoms with Gasteiger partial charge in [0.05, 0.1) is 24.1 Å². The van der Waals surface area contributed by atoms with Gasteiger partial charge in [0, 0.05) is 21.0 Å². The zero-order valence-electron chi connectivity index (χ0n) is 16.6. The van der Waals surface area contributed by atoms with E-state index in [-0.39, 0.29) is 4.90 Å². The van der Waals surface area contributed by atoms with Crippen LogP contribution in [-0.2, 0) is 14.9 Å². The van der Waals surface area contributed by atoms with E-state index in [0.29, 0.717) is 16.3 Å². The lowest BCUT2D eigenvalue weighted by Gasteiger charge is -2.10. The molecule has 31 heavy (non-hydrogen) atoms. The first-order valence-electron chi connectivity index (χ1n) is 8.90. The molecule has 3 aromatic rings. The van der Waals surface area contributed by atoms with Gasteiger partial charge in [0.2, 0.25) is 0 Å². The lowest BCUT2D eigenvalue weighted by atomic mass is 10.2. The lowest BCUT2D eigenvalue weighted by molar-refractivity contribution is 0.102. The Balaban J connectivity index is 1.68. The average molecular weight is 479 g/mol. The summed E-state index contributed by atoms with van der Waals surface area (Å²) in [5.41, 5.74) is 0.816. The number of hydrogen-bond donors (Lipinski definition) is 2. The molecule has 0 unspecified atom stereocenters. The van der Waals surface area contributed by atoms with Crippen LogP contribution in [0.2, 0.25) is 5.02 Å². The minimum atomic E-state index is -3.78. The molecule has 0 atom stereocenters. The van der Waals surface area contributed by atoms with Gasteiger partial charge < -0.3 is 10.1 Å². The van der Waals surface area contributed by atoms with Gasteiger partial charge in [-0.15, -0.1) is 0 Å². The molecule has 0 heterocycles. The number of methoxy groups -OCH3 is 1. The Kier molecular flexibility index (Phi) is 7.58. The fourth-order valence-corrected chi connectivity index (χ4v) is 4.50. The van der Waals surface area contributed by atoms with Crippen LogP contribution in [0.15, 0.2) is 81.4 Å². The molecule has 162 valence electrons. The molecule has 0 aliphatic carbocycles. The Morgan fingerprint density at radius 1 is 0.968 bits per heavy atom. The summed E-state index contributed by atoms with van der Waals surface area (Å²) < 4.78 is 28.9. The van der Waals surface area contributed by atoms with E-state index in [2.05, 4.69) is 10.2 Å². The van der Waals surface area contributed by atoms with Crippen LogP contribution in [-0.4, -0.2) is 28.5 Å². The third kappa shape index (κ3) is 5.99. The summed E-state index contributed by atoms with van der Waals surface area (Å²) in [5.74, 6) is 0.379. The number of hydrogen-bond acceptors (Lipinski definition) is 6. The highest BCUT2D eigenvalue weighted by Gasteiger charge is 2.15. The van der Waals surface area contributed by atoms with Crippen LogP contribution in [0.25, 0.3) is 0 Å². The summed E-state index contributed by atoms with van der Waals surface area (Å²) >= 11 is 7.88. The SMILES string of the molecule is CONS(=O)(=O)c1ccc(C(=O)Nc2ccc(Sc3ccc(OC)cc3)c(Cl)c2)cc1. The van der Waals surface area contributed by atoms with E-state index >= 15 is 0 Å². The number of amides is 1. The molecule has 0 aromatic heterocycles. The number of carbonyl (C=O) groups excluding carboxylic acids is 1. The topological polar surface area (TPSA) is 93.7 Å². The van der Waals surface area contributed by atoms with Crippen LogP contribution in [0.3, 0.4) is 0 Å². The fourth-order valence-electron chi connectivity index (χ4n) is 2.58. The van der Waals surface area contributed by atoms with Gasteiger partial charge in [-0.1, -0.05) is 28.2 Å². The molecular formula is C21H19ClN2O5S2. The third-order valence-electron chi connectivity index (χ3n) is 4.10. The number of benzene rings is 3. The maximum atomic E-state index is 12.5. The third-order valence-corrected chi connectivity index (χ3v) is 6.88. The van der Waals surface area contributed by atoms with Gasteiger partial charge in [-0.3, -0.25) is 9.63 Å². The Labute approximate surface area is 189 Å². The van der Waals surface area contributed by atoms with Crippen LogP contribution in [0.1, 0.15) is 10.4 Å². The van der Waals surface area contributed by atoms with Crippen molar-refractivity contribution in [2.45, 2.75) is 14.7 Å². The number of ether oxygens (including phenoxy) is 1. The second-order valence-corrected chi connectivity index (χ2v) is 9.36. The molecular weight excluding hydrogens is 460 g/mol. The molecule has 0 saturated carbocycles. The lowest BCUT2D eigenvalue weighted by Crippen LogP contribution is -2.22. The zero-order valence-corrected chi connectivity index (χ0v) is 19.0. The molecule has 3 aromatic carbocycles. The molecule has 2 N–H and O–H groups in total. The van der Waals surface area contributed by atoms with Crippen LogP contribution < -0.4 is 14.9 Å². The summed E-state index contributed by atoms with van der Waals surface area (Å²) in [4.78, 5) is 20.7. The van der Waals surface area contributed by atoms with Crippen LogP contribution in [0.5, 0.6) is 5.75 Å². The Bertz CT molecular complexity index is 1170. The van der Waals surface area contributed by atoms with Gasteiger partial charge in [-0.25, -0.2) is 8.42 Å². The molecule has 1 amide bonds. The maximum absolute atomic E-state index is 12.5. The molecule has 7 nitrogen and oxygen atoms in total. The number of sulfonamides is 1. The van der Waals surface area contributed by atoms with Crippen LogP contribution >= 0.6 is 23.4 Å². The van der Waals surface area contributed by atoms with Gasteiger partial charge in [-0.2, -0.15) is 0 Å². The highest BCUT2D eigenvalue weighted by molar-refractivity contribution is 7.99. The summed E-state index contributed by atoms with van der Waals surface area (Å²) in [6, 6.07) is 18.3. The summed E-state index contributed by atoms with van der Waals surface area (Å²) in [7, 11) is -0.971. The molecule has 0 saturated heterocycles. The predicted octanol–water partition coefficient (Wildman–Crippen LogP) is 4.59. The first-order chi connectivity index (χ1) is 14.8. The zero-order chi connectivity index (χ0) is 22.4. The van der Waals surface area contributed by atoms with Crippen LogP contribution in [0, 0.1) is 0 Å². The van der Waals surface area contributed by atoms with Crippen molar-refractivity contribution in [1.82, 2.24) is 4.89 Å². The summed E-state index contributed by atoms with van der Waals surface area (Å²) in [6.07, 6.45) is 0. The Morgan fingerprint density at radius 3 is 2.23 bits per heavy atom. The van der Waals surface area contributed by atoms with Gasteiger partial charge in [0.25, 0.3) is 15.9 Å². The second kappa shape index (κ2) is 10.2. The predicted molar refractivity (Wildman–Crippen MR) is 120 cm³/mol. The maximum Gasteiger partial charge on any atom is 0.262 e. The van der Waals surface area contributed by atoms with Crippen molar-refractivity contribution < 1.29 is 22.8 Å². The van der Waals surface area contributed by atoms with E-state index in [1.165, 1.54) is 43.1 Å². The first-order valence-corrected chi connectivity index (χ1v) is 11.6. The minimum Gasteiger partial charge on any atom is -0.497 e. The van der Waals surface area contributed by atoms with E-state index < -0.39 is 15.9 Å². The number of nitrogens with one attached hydrogen (secondary N) is 2. The second-order valence-electron chi connectivity index (χ2n) is 6.19. The van der Waals surface area contributed by atoms with Gasteiger partial charge in [0.1, 0.15) is 5.75 Å². The minimum absolute atomic E-state index is 0.0196. The smallest absolute Gasteiger partial charge is 0.262 e. The fraction of sp³-hybridized carbons (Fsp3) is 0.0952. The van der Waals surface area contributed by atoms with E-state index in [1.807, 2.05) is 35.2 Å². The van der Waals surface area contributed by atoms with Gasteiger partial charge in [0.15, 0.2) is 0 Å². The molecule has 0 fully saturated rings. The largest absolute Gasteiger partial charge is 0.497 e. The van der Waals surface area contributed by atoms with Crippen molar-refractivity contribution >= 4 is 45.0 Å². The van der Waals surface area contributed by atoms with Crippen molar-refractivity contribution in [2.24, 2.45) is 0 Å². The van der Waals surface area contributed by atoms with E-state index in [1.54, 1.807) is 19.2 Å². The first kappa shape index (κ1) is 23.1. The number of anilines is 1. The van der Waals surface area contributed by atoms with E-state index in [0.717, 1.165) is 15.5 Å². The average Bonchev–Trinajstić information content (AvgIpc) is 2.76. The number of halogens is 1. The van der Waals surface area contributed by atoms with E-state index in [4.69, 9.17) is 16.3 Å². The van der Waals surface area contributed by atoms with E-state index in [9.17, 15) is 13.2 Å². The molecule has 0 spiro atoms.